The number of carbonyl (C=O) groups is 1. The zero-order valence-electron chi connectivity index (χ0n) is 15.2. The molecule has 1 aliphatic heterocycles. The fourth-order valence-electron chi connectivity index (χ4n) is 3.14. The van der Waals surface area contributed by atoms with Gasteiger partial charge in [0.15, 0.2) is 0 Å². The molecule has 0 aromatic heterocycles. The molecule has 7 heteroatoms. The van der Waals surface area contributed by atoms with Crippen LogP contribution < -0.4 is 11.1 Å². The Hall–Kier alpha value is -0.850. The molecule has 1 aliphatic carbocycles. The molecule has 0 bridgehead atoms. The number of rotatable bonds is 8. The number of nitrogens with two attached hydrogens (primary N) is 1. The van der Waals surface area contributed by atoms with Crippen molar-refractivity contribution >= 4 is 30.7 Å². The Morgan fingerprint density at radius 2 is 1.85 bits per heavy atom. The Kier molecular flexibility index (Phi) is 9.90. The molecule has 5 nitrogen and oxygen atoms in total. The third kappa shape index (κ3) is 7.05. The van der Waals surface area contributed by atoms with Gasteiger partial charge in [-0.25, -0.2) is 0 Å². The van der Waals surface area contributed by atoms with Crippen molar-refractivity contribution in [1.82, 2.24) is 10.2 Å². The van der Waals surface area contributed by atoms with Gasteiger partial charge in [-0.2, -0.15) is 0 Å². The molecule has 2 fully saturated rings. The smallest absolute Gasteiger partial charge is 0.240 e. The van der Waals surface area contributed by atoms with Crippen molar-refractivity contribution in [2.45, 2.75) is 50.3 Å². The SMILES string of the molecule is Cl.Cl.NC1(C(=O)NCCCOC2CCN(Cc3ccccc3)CC2)CC1. The van der Waals surface area contributed by atoms with Crippen LogP contribution in [0.4, 0.5) is 0 Å². The van der Waals surface area contributed by atoms with Crippen LogP contribution in [0.5, 0.6) is 0 Å². The number of ether oxygens (including phenoxy) is 1. The van der Waals surface area contributed by atoms with Crippen LogP contribution in [0, 0.1) is 0 Å². The van der Waals surface area contributed by atoms with Gasteiger partial charge < -0.3 is 15.8 Å². The highest BCUT2D eigenvalue weighted by molar-refractivity contribution is 5.88. The van der Waals surface area contributed by atoms with Crippen LogP contribution in [0.1, 0.15) is 37.7 Å². The molecule has 1 saturated carbocycles. The number of piperidine rings is 1. The number of likely N-dealkylation sites (tertiary alicyclic amines) is 1. The Labute approximate surface area is 168 Å². The molecule has 148 valence electrons. The van der Waals surface area contributed by atoms with Crippen molar-refractivity contribution < 1.29 is 9.53 Å². The van der Waals surface area contributed by atoms with Crippen molar-refractivity contribution in [3.63, 3.8) is 0 Å². The molecule has 0 unspecified atom stereocenters. The van der Waals surface area contributed by atoms with E-state index in [0.29, 0.717) is 19.3 Å². The third-order valence-electron chi connectivity index (χ3n) is 4.98. The molecule has 1 aromatic rings. The number of amides is 1. The lowest BCUT2D eigenvalue weighted by atomic mass is 10.1. The van der Waals surface area contributed by atoms with Gasteiger partial charge >= 0.3 is 0 Å². The summed E-state index contributed by atoms with van der Waals surface area (Å²) >= 11 is 0. The lowest BCUT2D eigenvalue weighted by Crippen LogP contribution is -2.43. The molecular formula is C19H31Cl2N3O2. The highest BCUT2D eigenvalue weighted by Crippen LogP contribution is 2.31. The fourth-order valence-corrected chi connectivity index (χ4v) is 3.14. The average molecular weight is 404 g/mol. The summed E-state index contributed by atoms with van der Waals surface area (Å²) in [6, 6.07) is 10.6. The van der Waals surface area contributed by atoms with Crippen LogP contribution in [-0.2, 0) is 16.1 Å². The summed E-state index contributed by atoms with van der Waals surface area (Å²) in [5.74, 6) is -0.00304. The number of nitrogens with zero attached hydrogens (tertiary/aromatic N) is 1. The second kappa shape index (κ2) is 11.1. The maximum atomic E-state index is 11.7. The summed E-state index contributed by atoms with van der Waals surface area (Å²) < 4.78 is 5.96. The first kappa shape index (κ1) is 23.2. The second-order valence-electron chi connectivity index (χ2n) is 7.10. The van der Waals surface area contributed by atoms with E-state index in [2.05, 4.69) is 40.5 Å². The van der Waals surface area contributed by atoms with Crippen molar-refractivity contribution in [2.75, 3.05) is 26.2 Å². The van der Waals surface area contributed by atoms with Gasteiger partial charge in [0, 0.05) is 32.8 Å². The van der Waals surface area contributed by atoms with Gasteiger partial charge in [0.2, 0.25) is 5.91 Å². The largest absolute Gasteiger partial charge is 0.378 e. The van der Waals surface area contributed by atoms with Crippen LogP contribution in [0.15, 0.2) is 30.3 Å². The molecule has 1 amide bonds. The maximum absolute atomic E-state index is 11.7. The second-order valence-corrected chi connectivity index (χ2v) is 7.10. The Morgan fingerprint density at radius 3 is 2.46 bits per heavy atom. The fraction of sp³-hybridized carbons (Fsp3) is 0.632. The van der Waals surface area contributed by atoms with Crippen molar-refractivity contribution in [3.05, 3.63) is 35.9 Å². The molecule has 2 aliphatic rings. The number of carbonyl (C=O) groups excluding carboxylic acids is 1. The minimum atomic E-state index is -0.563. The molecule has 3 rings (SSSR count). The van der Waals surface area contributed by atoms with Gasteiger partial charge in [0.25, 0.3) is 0 Å². The van der Waals surface area contributed by atoms with E-state index in [0.717, 1.165) is 51.7 Å². The average Bonchev–Trinajstić information content (AvgIpc) is 3.36. The standard InChI is InChI=1S/C19H29N3O2.2ClH/c20-19(9-10-19)18(23)21-11-4-14-24-17-7-12-22(13-8-17)15-16-5-2-1-3-6-16;;/h1-3,5-6,17H,4,7-15,20H2,(H,21,23);2*1H. The Morgan fingerprint density at radius 1 is 1.19 bits per heavy atom. The van der Waals surface area contributed by atoms with Crippen molar-refractivity contribution in [1.29, 1.82) is 0 Å². The first-order chi connectivity index (χ1) is 11.7. The van der Waals surface area contributed by atoms with E-state index < -0.39 is 5.54 Å². The van der Waals surface area contributed by atoms with Gasteiger partial charge in [-0.15, -0.1) is 24.8 Å². The van der Waals surface area contributed by atoms with E-state index in [1.807, 2.05) is 0 Å². The van der Waals surface area contributed by atoms with E-state index in [-0.39, 0.29) is 30.7 Å². The first-order valence-electron chi connectivity index (χ1n) is 9.11. The number of hydrogen-bond acceptors (Lipinski definition) is 4. The monoisotopic (exact) mass is 403 g/mol. The highest BCUT2D eigenvalue weighted by Gasteiger charge is 2.45. The number of benzene rings is 1. The predicted molar refractivity (Wildman–Crippen MR) is 109 cm³/mol. The first-order valence-corrected chi connectivity index (χ1v) is 9.11. The molecule has 0 atom stereocenters. The summed E-state index contributed by atoms with van der Waals surface area (Å²) in [5, 5.41) is 2.91. The van der Waals surface area contributed by atoms with Crippen molar-refractivity contribution in [2.24, 2.45) is 5.73 Å². The van der Waals surface area contributed by atoms with Gasteiger partial charge in [0.05, 0.1) is 11.6 Å². The van der Waals surface area contributed by atoms with Crippen LogP contribution in [0.2, 0.25) is 0 Å². The van der Waals surface area contributed by atoms with Gasteiger partial charge in [-0.05, 0) is 37.7 Å². The quantitative estimate of drug-likeness (QED) is 0.654. The van der Waals surface area contributed by atoms with Crippen LogP contribution in [0.25, 0.3) is 0 Å². The molecular weight excluding hydrogens is 373 g/mol. The Balaban J connectivity index is 0.00000169. The van der Waals surface area contributed by atoms with Gasteiger partial charge in [-0.3, -0.25) is 9.69 Å². The molecule has 1 saturated heterocycles. The topological polar surface area (TPSA) is 67.6 Å². The molecule has 26 heavy (non-hydrogen) atoms. The zero-order chi connectivity index (χ0) is 16.8. The van der Waals surface area contributed by atoms with E-state index in [1.54, 1.807) is 0 Å². The molecule has 1 aromatic carbocycles. The minimum Gasteiger partial charge on any atom is -0.378 e. The van der Waals surface area contributed by atoms with Gasteiger partial charge in [-0.1, -0.05) is 30.3 Å². The summed E-state index contributed by atoms with van der Waals surface area (Å²) in [6.45, 7) is 4.57. The summed E-state index contributed by atoms with van der Waals surface area (Å²) in [4.78, 5) is 14.2. The van der Waals surface area contributed by atoms with E-state index in [4.69, 9.17) is 10.5 Å². The van der Waals surface area contributed by atoms with E-state index in [1.165, 1.54) is 5.56 Å². The zero-order valence-corrected chi connectivity index (χ0v) is 16.8. The lowest BCUT2D eigenvalue weighted by Gasteiger charge is -2.32. The summed E-state index contributed by atoms with van der Waals surface area (Å²) in [5.41, 5.74) is 6.65. The Bertz CT molecular complexity index is 533. The van der Waals surface area contributed by atoms with E-state index >= 15 is 0 Å². The van der Waals surface area contributed by atoms with Crippen LogP contribution in [-0.4, -0.2) is 48.7 Å². The molecule has 0 spiro atoms. The van der Waals surface area contributed by atoms with Crippen LogP contribution in [0.3, 0.4) is 0 Å². The maximum Gasteiger partial charge on any atom is 0.240 e. The minimum absolute atomic E-state index is 0. The number of nitrogens with one attached hydrogen (secondary N) is 1. The van der Waals surface area contributed by atoms with E-state index in [9.17, 15) is 4.79 Å². The highest BCUT2D eigenvalue weighted by atomic mass is 35.5. The van der Waals surface area contributed by atoms with Crippen LogP contribution >= 0.6 is 24.8 Å². The third-order valence-corrected chi connectivity index (χ3v) is 4.98. The van der Waals surface area contributed by atoms with Crippen molar-refractivity contribution in [3.8, 4) is 0 Å². The number of halogens is 2. The molecule has 3 N–H and O–H groups in total. The summed E-state index contributed by atoms with van der Waals surface area (Å²) in [6.07, 6.45) is 5.02. The molecule has 1 heterocycles. The summed E-state index contributed by atoms with van der Waals surface area (Å²) in [7, 11) is 0. The predicted octanol–water partition coefficient (Wildman–Crippen LogP) is 2.51. The lowest BCUT2D eigenvalue weighted by molar-refractivity contribution is -0.123. The number of hydrogen-bond donors (Lipinski definition) is 2. The normalized spacial score (nSPS) is 19.1. The van der Waals surface area contributed by atoms with Gasteiger partial charge in [0.1, 0.15) is 0 Å². The molecule has 0 radical (unpaired) electrons.